The molecule has 0 fully saturated rings. The summed E-state index contributed by atoms with van der Waals surface area (Å²) in [6.07, 6.45) is 0. The zero-order chi connectivity index (χ0) is 39.6. The first-order valence-electron chi connectivity index (χ1n) is 15.3. The Labute approximate surface area is 442 Å². The van der Waals surface area contributed by atoms with Gasteiger partial charge in [0.25, 0.3) is 0 Å². The fourth-order valence-electron chi connectivity index (χ4n) is 4.92. The summed E-state index contributed by atoms with van der Waals surface area (Å²) < 4.78 is 25.8. The summed E-state index contributed by atoms with van der Waals surface area (Å²) in [4.78, 5) is 42.6. The van der Waals surface area contributed by atoms with Crippen molar-refractivity contribution >= 4 is 232 Å². The van der Waals surface area contributed by atoms with E-state index < -0.39 is 28.8 Å². The Kier molecular flexibility index (Phi) is 16.8. The summed E-state index contributed by atoms with van der Waals surface area (Å²) in [6.45, 7) is 0. The molecule has 0 saturated carbocycles. The fraction of sp³-hybridized carbons (Fsp3) is 0. The van der Waals surface area contributed by atoms with Gasteiger partial charge in [0.1, 0.15) is 0 Å². The van der Waals surface area contributed by atoms with E-state index in [1.165, 1.54) is 0 Å². The number of esters is 3. The smallest absolute Gasteiger partial charge is 0.343 e. The highest BCUT2D eigenvalue weighted by Crippen LogP contribution is 2.35. The third kappa shape index (κ3) is 11.5. The third-order valence-electron chi connectivity index (χ3n) is 7.45. The van der Waals surface area contributed by atoms with Crippen molar-refractivity contribution < 1.29 is 28.6 Å². The summed E-state index contributed by atoms with van der Waals surface area (Å²) in [6, 6.07) is 33.8. The second-order valence-electron chi connectivity index (χ2n) is 11.1. The van der Waals surface area contributed by atoms with Gasteiger partial charge in [0, 0.05) is 10.7 Å². The number of hydrogen-bond acceptors (Lipinski definition) is 6. The van der Waals surface area contributed by atoms with Crippen LogP contribution in [0.25, 0.3) is 0 Å². The molecule has 0 spiro atoms. The lowest BCUT2D eigenvalue weighted by Crippen LogP contribution is -2.13. The minimum Gasteiger partial charge on any atom is -0.421 e. The van der Waals surface area contributed by atoms with Crippen LogP contribution in [0.4, 0.5) is 0 Å². The summed E-state index contributed by atoms with van der Waals surface area (Å²) in [7, 11) is -0.689. The Bertz CT molecular complexity index is 2120. The number of rotatable bonds is 9. The topological polar surface area (TPSA) is 78.9 Å². The zero-order valence-corrected chi connectivity index (χ0v) is 47.4. The summed E-state index contributed by atoms with van der Waals surface area (Å²) in [5, 5.41) is 0. The van der Waals surface area contributed by atoms with Gasteiger partial charge >= 0.3 is 17.9 Å². The molecule has 6 aromatic carbocycles. The lowest BCUT2D eigenvalue weighted by Gasteiger charge is -2.12. The Morgan fingerprint density at radius 1 is 0.345 bits per heavy atom. The van der Waals surface area contributed by atoms with Crippen LogP contribution in [-0.2, 0) is 10.9 Å². The van der Waals surface area contributed by atoms with Gasteiger partial charge in [-0.1, -0.05) is 0 Å². The highest BCUT2D eigenvalue weighted by Gasteiger charge is 2.30. The van der Waals surface area contributed by atoms with Crippen molar-refractivity contribution in [2.24, 2.45) is 0 Å². The first kappa shape index (κ1) is 45.2. The van der Waals surface area contributed by atoms with E-state index >= 15 is 0 Å². The first-order chi connectivity index (χ1) is 26.2. The number of carbonyl (C=O) groups is 3. The zero-order valence-electron chi connectivity index (χ0n) is 27.2. The minimum atomic E-state index is -0.689. The van der Waals surface area contributed by atoms with Crippen LogP contribution in [0.1, 0.15) is 31.1 Å². The number of ether oxygens (including phenoxy) is 3. The molecule has 16 heteroatoms. The number of carbonyl (C=O) groups excluding carboxylic acids is 3. The Morgan fingerprint density at radius 3 is 0.745 bits per heavy atom. The van der Waals surface area contributed by atoms with E-state index in [4.69, 9.17) is 14.2 Å². The molecule has 0 aliphatic rings. The molecule has 0 unspecified atom stereocenters. The molecule has 6 aromatic rings. The average Bonchev–Trinajstić information content (AvgIpc) is 3.13. The largest absolute Gasteiger partial charge is 0.421 e. The first-order valence-corrected chi connectivity index (χ1v) is 26.3. The Morgan fingerprint density at radius 2 is 0.545 bits per heavy atom. The van der Waals surface area contributed by atoms with Crippen LogP contribution in [0, 0.1) is 32.1 Å². The highest BCUT2D eigenvalue weighted by atomic mass is 127. The van der Waals surface area contributed by atoms with Crippen LogP contribution in [0.15, 0.2) is 124 Å². The molecule has 0 atom stereocenters. The molecule has 0 aliphatic heterocycles. The molecule has 0 saturated heterocycles. The van der Waals surface area contributed by atoms with Crippen LogP contribution in [0.3, 0.4) is 0 Å². The second-order valence-corrected chi connectivity index (χ2v) is 23.9. The summed E-state index contributed by atoms with van der Waals surface area (Å²) in [5.41, 5.74) is 1.23. The normalized spacial score (nSPS) is 11.0. The molecule has 0 aliphatic carbocycles. The number of halogens is 9. The molecule has 0 amide bonds. The van der Waals surface area contributed by atoms with E-state index in [9.17, 15) is 14.4 Å². The van der Waals surface area contributed by atoms with Crippen molar-refractivity contribution in [1.82, 2.24) is 0 Å². The second kappa shape index (κ2) is 20.5. The standard InChI is InChI=1S/C39H18I9O6S/c40-22-13-28(43)34(29(44)14-22)52-37(49)19-1-7-25(8-2-19)55(26-9-3-20(4-10-26)38(50)53-35-30(45)15-23(41)16-31(35)46)27-11-5-21(6-12-27)39(51)54-36-32(47)17-24(42)18-33(36)48/h1-18H/q+1. The molecule has 6 nitrogen and oxygen atoms in total. The highest BCUT2D eigenvalue weighted by molar-refractivity contribution is 14.1. The van der Waals surface area contributed by atoms with Crippen molar-refractivity contribution in [2.75, 3.05) is 0 Å². The molecule has 0 N–H and O–H groups in total. The van der Waals surface area contributed by atoms with Crippen molar-refractivity contribution in [3.8, 4) is 17.2 Å². The summed E-state index contributed by atoms with van der Waals surface area (Å²) >= 11 is 19.8. The van der Waals surface area contributed by atoms with Gasteiger partial charge in [0.05, 0.1) is 49.0 Å². The number of benzene rings is 6. The van der Waals surface area contributed by atoms with E-state index in [1.54, 1.807) is 36.4 Å². The van der Waals surface area contributed by atoms with Gasteiger partial charge < -0.3 is 14.2 Å². The van der Waals surface area contributed by atoms with Crippen LogP contribution < -0.4 is 14.2 Å². The molecule has 0 heterocycles. The lowest BCUT2D eigenvalue weighted by molar-refractivity contribution is 0.0722. The molecule has 6 rings (SSSR count). The maximum atomic E-state index is 13.3. The van der Waals surface area contributed by atoms with E-state index in [2.05, 4.69) is 203 Å². The maximum Gasteiger partial charge on any atom is 0.343 e. The lowest BCUT2D eigenvalue weighted by atomic mass is 10.2. The summed E-state index contributed by atoms with van der Waals surface area (Å²) in [5.74, 6) is 0.235. The molecule has 278 valence electrons. The molecule has 0 radical (unpaired) electrons. The van der Waals surface area contributed by atoms with Crippen LogP contribution >= 0.6 is 203 Å². The van der Waals surface area contributed by atoms with Crippen LogP contribution in [-0.4, -0.2) is 17.9 Å². The average molecular weight is 1760 g/mol. The number of hydrogen-bond donors (Lipinski definition) is 0. The van der Waals surface area contributed by atoms with Crippen molar-refractivity contribution in [3.05, 3.63) is 158 Å². The van der Waals surface area contributed by atoms with Crippen molar-refractivity contribution in [2.45, 2.75) is 14.7 Å². The predicted octanol–water partition coefficient (Wildman–Crippen LogP) is 13.9. The maximum absolute atomic E-state index is 13.3. The minimum absolute atomic E-state index is 0.411. The molecule has 0 aromatic heterocycles. The van der Waals surface area contributed by atoms with E-state index in [1.807, 2.05) is 72.8 Å². The van der Waals surface area contributed by atoms with Crippen LogP contribution in [0.5, 0.6) is 17.2 Å². The molecular formula is C39H18I9O6S+. The fourth-order valence-corrected chi connectivity index (χ4v) is 18.4. The van der Waals surface area contributed by atoms with Gasteiger partial charge in [-0.3, -0.25) is 0 Å². The Hall–Kier alpha value is 0.650. The molecular weight excluding hydrogens is 1740 g/mol. The van der Waals surface area contributed by atoms with E-state index in [-0.39, 0.29) is 0 Å². The predicted molar refractivity (Wildman–Crippen MR) is 290 cm³/mol. The quantitative estimate of drug-likeness (QED) is 0.0621. The van der Waals surface area contributed by atoms with E-state index in [0.717, 1.165) is 46.8 Å². The monoisotopic (exact) mass is 1760 g/mol. The van der Waals surface area contributed by atoms with Crippen LogP contribution in [0.2, 0.25) is 0 Å². The van der Waals surface area contributed by atoms with Gasteiger partial charge in [-0.2, -0.15) is 0 Å². The van der Waals surface area contributed by atoms with Crippen molar-refractivity contribution in [1.29, 1.82) is 0 Å². The Balaban J connectivity index is 1.30. The van der Waals surface area contributed by atoms with Gasteiger partial charge in [-0.05, 0) is 313 Å². The van der Waals surface area contributed by atoms with Gasteiger partial charge in [0.2, 0.25) is 0 Å². The third-order valence-corrected chi connectivity index (χ3v) is 16.4. The van der Waals surface area contributed by atoms with E-state index in [0.29, 0.717) is 33.9 Å². The van der Waals surface area contributed by atoms with Gasteiger partial charge in [0.15, 0.2) is 31.9 Å². The van der Waals surface area contributed by atoms with Gasteiger partial charge in [-0.25, -0.2) is 14.4 Å². The SMILES string of the molecule is O=C(Oc1c(I)cc(I)cc1I)c1ccc([S+](c2ccc(C(=O)Oc3c(I)cc(I)cc3I)cc2)c2ccc(C(=O)Oc3c(I)cc(I)cc3I)cc2)cc1. The molecule has 55 heavy (non-hydrogen) atoms. The van der Waals surface area contributed by atoms with Crippen molar-refractivity contribution in [3.63, 3.8) is 0 Å². The van der Waals surface area contributed by atoms with Gasteiger partial charge in [-0.15, -0.1) is 0 Å². The molecule has 0 bridgehead atoms.